The Hall–Kier alpha value is -0.670. The molecule has 0 bridgehead atoms. The minimum absolute atomic E-state index is 0.275. The molecule has 4 heteroatoms. The van der Waals surface area contributed by atoms with Gasteiger partial charge in [-0.15, -0.1) is 0 Å². The Bertz CT molecular complexity index is 377. The van der Waals surface area contributed by atoms with Gasteiger partial charge in [-0.2, -0.15) is 0 Å². The molecular weight excluding hydrogens is 267 g/mol. The molecule has 0 aliphatic carbocycles. The molecular formula is C10H8BrClO2. The lowest BCUT2D eigenvalue weighted by Crippen LogP contribution is -1.92. The maximum absolute atomic E-state index is 6.04. The molecule has 0 fully saturated rings. The van der Waals surface area contributed by atoms with Gasteiger partial charge in [0.2, 0.25) is 6.79 Å². The zero-order valence-electron chi connectivity index (χ0n) is 7.30. The first kappa shape index (κ1) is 9.87. The average molecular weight is 276 g/mol. The van der Waals surface area contributed by atoms with Gasteiger partial charge in [-0.1, -0.05) is 39.7 Å². The highest BCUT2D eigenvalue weighted by Crippen LogP contribution is 2.37. The van der Waals surface area contributed by atoms with Crippen molar-refractivity contribution in [3.63, 3.8) is 0 Å². The molecule has 1 aromatic rings. The third-order valence-corrected chi connectivity index (χ3v) is 2.58. The summed E-state index contributed by atoms with van der Waals surface area (Å²) in [5, 5.41) is 1.48. The van der Waals surface area contributed by atoms with Crippen molar-refractivity contribution < 1.29 is 9.47 Å². The summed E-state index contributed by atoms with van der Waals surface area (Å²) in [4.78, 5) is 0. The van der Waals surface area contributed by atoms with Crippen molar-refractivity contribution in [2.75, 3.05) is 12.1 Å². The van der Waals surface area contributed by atoms with Gasteiger partial charge in [0, 0.05) is 11.4 Å². The molecule has 0 spiro atoms. The van der Waals surface area contributed by atoms with Crippen LogP contribution in [0.25, 0.3) is 6.08 Å². The fraction of sp³-hybridized carbons (Fsp3) is 0.200. The number of hydrogen-bond donors (Lipinski definition) is 0. The molecule has 2 nitrogen and oxygen atoms in total. The smallest absolute Gasteiger partial charge is 0.231 e. The van der Waals surface area contributed by atoms with E-state index in [4.69, 9.17) is 21.1 Å². The lowest BCUT2D eigenvalue weighted by molar-refractivity contribution is 0.174. The van der Waals surface area contributed by atoms with Crippen LogP contribution in [-0.2, 0) is 0 Å². The van der Waals surface area contributed by atoms with Crippen LogP contribution in [0.15, 0.2) is 18.2 Å². The Morgan fingerprint density at radius 2 is 2.07 bits per heavy atom. The first-order valence-corrected chi connectivity index (χ1v) is 5.63. The number of halogens is 2. The highest BCUT2D eigenvalue weighted by molar-refractivity contribution is 9.09. The Morgan fingerprint density at radius 3 is 2.79 bits per heavy atom. The molecule has 0 radical (unpaired) electrons. The third-order valence-electron chi connectivity index (χ3n) is 1.88. The highest BCUT2D eigenvalue weighted by atomic mass is 79.9. The summed E-state index contributed by atoms with van der Waals surface area (Å²) >= 11 is 9.35. The number of rotatable bonds is 2. The summed E-state index contributed by atoms with van der Waals surface area (Å²) in [5.41, 5.74) is 0.940. The normalized spacial score (nSPS) is 13.9. The van der Waals surface area contributed by atoms with Crippen LogP contribution in [0.4, 0.5) is 0 Å². The van der Waals surface area contributed by atoms with Crippen LogP contribution < -0.4 is 9.47 Å². The second kappa shape index (κ2) is 4.24. The van der Waals surface area contributed by atoms with E-state index in [0.717, 1.165) is 16.6 Å². The number of allylic oxidation sites excluding steroid dienone is 1. The molecule has 0 saturated heterocycles. The minimum Gasteiger partial charge on any atom is -0.454 e. The number of alkyl halides is 1. The van der Waals surface area contributed by atoms with Crippen molar-refractivity contribution in [3.05, 3.63) is 28.8 Å². The number of benzene rings is 1. The predicted octanol–water partition coefficient (Wildman–Crippen LogP) is 3.48. The van der Waals surface area contributed by atoms with E-state index >= 15 is 0 Å². The molecule has 1 aliphatic rings. The van der Waals surface area contributed by atoms with E-state index in [1.807, 2.05) is 18.2 Å². The van der Waals surface area contributed by atoms with Gasteiger partial charge >= 0.3 is 0 Å². The summed E-state index contributed by atoms with van der Waals surface area (Å²) in [6.45, 7) is 0.275. The van der Waals surface area contributed by atoms with Gasteiger partial charge in [-0.25, -0.2) is 0 Å². The molecule has 1 aliphatic heterocycles. The highest BCUT2D eigenvalue weighted by Gasteiger charge is 2.15. The van der Waals surface area contributed by atoms with Crippen molar-refractivity contribution in [1.29, 1.82) is 0 Å². The zero-order valence-corrected chi connectivity index (χ0v) is 9.64. The second-order valence-electron chi connectivity index (χ2n) is 2.78. The van der Waals surface area contributed by atoms with Crippen molar-refractivity contribution in [1.82, 2.24) is 0 Å². The fourth-order valence-electron chi connectivity index (χ4n) is 1.23. The molecule has 14 heavy (non-hydrogen) atoms. The Morgan fingerprint density at radius 1 is 1.36 bits per heavy atom. The molecule has 74 valence electrons. The molecule has 1 aromatic carbocycles. The fourth-order valence-corrected chi connectivity index (χ4v) is 1.64. The maximum Gasteiger partial charge on any atom is 0.231 e. The van der Waals surface area contributed by atoms with Gasteiger partial charge in [-0.05, 0) is 11.6 Å². The monoisotopic (exact) mass is 274 g/mol. The Kier molecular flexibility index (Phi) is 2.99. The SMILES string of the molecule is Clc1cc2c(cc1C=CCBr)OCO2. The van der Waals surface area contributed by atoms with Crippen molar-refractivity contribution in [2.45, 2.75) is 0 Å². The van der Waals surface area contributed by atoms with Crippen molar-refractivity contribution in [2.24, 2.45) is 0 Å². The van der Waals surface area contributed by atoms with Gasteiger partial charge in [-0.3, -0.25) is 0 Å². The summed E-state index contributed by atoms with van der Waals surface area (Å²) in [5.74, 6) is 1.47. The van der Waals surface area contributed by atoms with Gasteiger partial charge in [0.15, 0.2) is 11.5 Å². The molecule has 0 saturated carbocycles. The number of fused-ring (bicyclic) bond motifs is 1. The van der Waals surface area contributed by atoms with E-state index < -0.39 is 0 Å². The summed E-state index contributed by atoms with van der Waals surface area (Å²) < 4.78 is 10.4. The third kappa shape index (κ3) is 1.88. The van der Waals surface area contributed by atoms with Crippen LogP contribution in [0.2, 0.25) is 5.02 Å². The van der Waals surface area contributed by atoms with Crippen molar-refractivity contribution in [3.8, 4) is 11.5 Å². The van der Waals surface area contributed by atoms with Gasteiger partial charge in [0.25, 0.3) is 0 Å². The lowest BCUT2D eigenvalue weighted by Gasteiger charge is -2.00. The Labute approximate surface area is 95.6 Å². The lowest BCUT2D eigenvalue weighted by atomic mass is 10.2. The van der Waals surface area contributed by atoms with Gasteiger partial charge < -0.3 is 9.47 Å². The standard InChI is InChI=1S/C10H8BrClO2/c11-3-1-2-7-4-9-10(5-8(7)12)14-6-13-9/h1-2,4-5H,3,6H2. The summed E-state index contributed by atoms with van der Waals surface area (Å²) in [6, 6.07) is 3.65. The summed E-state index contributed by atoms with van der Waals surface area (Å²) in [6.07, 6.45) is 3.92. The summed E-state index contributed by atoms with van der Waals surface area (Å²) in [7, 11) is 0. The average Bonchev–Trinajstić information content (AvgIpc) is 2.61. The van der Waals surface area contributed by atoms with Crippen LogP contribution >= 0.6 is 27.5 Å². The molecule has 0 aromatic heterocycles. The molecule has 0 unspecified atom stereocenters. The van der Waals surface area contributed by atoms with Gasteiger partial charge in [0.05, 0.1) is 5.02 Å². The van der Waals surface area contributed by atoms with E-state index in [9.17, 15) is 0 Å². The Balaban J connectivity index is 2.37. The second-order valence-corrected chi connectivity index (χ2v) is 3.84. The van der Waals surface area contributed by atoms with E-state index in [1.54, 1.807) is 6.07 Å². The largest absolute Gasteiger partial charge is 0.454 e. The maximum atomic E-state index is 6.04. The molecule has 2 rings (SSSR count). The van der Waals surface area contributed by atoms with Crippen LogP contribution in [0, 0.1) is 0 Å². The van der Waals surface area contributed by atoms with Crippen LogP contribution in [-0.4, -0.2) is 12.1 Å². The first-order valence-electron chi connectivity index (χ1n) is 4.13. The van der Waals surface area contributed by atoms with Crippen LogP contribution in [0.3, 0.4) is 0 Å². The minimum atomic E-state index is 0.275. The van der Waals surface area contributed by atoms with E-state index in [-0.39, 0.29) is 6.79 Å². The topological polar surface area (TPSA) is 18.5 Å². The quantitative estimate of drug-likeness (QED) is 0.769. The van der Waals surface area contributed by atoms with Crippen LogP contribution in [0.1, 0.15) is 5.56 Å². The molecule has 0 N–H and O–H groups in total. The molecule has 0 amide bonds. The van der Waals surface area contributed by atoms with E-state index in [1.165, 1.54) is 0 Å². The van der Waals surface area contributed by atoms with Gasteiger partial charge in [0.1, 0.15) is 0 Å². The van der Waals surface area contributed by atoms with E-state index in [2.05, 4.69) is 15.9 Å². The molecule has 1 heterocycles. The number of ether oxygens (including phenoxy) is 2. The van der Waals surface area contributed by atoms with E-state index in [0.29, 0.717) is 10.8 Å². The van der Waals surface area contributed by atoms with Crippen molar-refractivity contribution >= 4 is 33.6 Å². The first-order chi connectivity index (χ1) is 6.81. The van der Waals surface area contributed by atoms with Crippen LogP contribution in [0.5, 0.6) is 11.5 Å². The molecule has 0 atom stereocenters. The number of hydrogen-bond acceptors (Lipinski definition) is 2. The zero-order chi connectivity index (χ0) is 9.97. The predicted molar refractivity (Wildman–Crippen MR) is 60.4 cm³/mol.